The second-order valence-corrected chi connectivity index (χ2v) is 9.86. The van der Waals surface area contributed by atoms with Crippen LogP contribution in [0.5, 0.6) is 0 Å². The highest BCUT2D eigenvalue weighted by molar-refractivity contribution is 6.26. The van der Waals surface area contributed by atoms with E-state index in [-0.39, 0.29) is 0 Å². The molecule has 0 fully saturated rings. The molecule has 0 spiro atoms. The molecule has 7 aromatic carbocycles. The van der Waals surface area contributed by atoms with E-state index in [4.69, 9.17) is 0 Å². The van der Waals surface area contributed by atoms with Crippen LogP contribution in [0.2, 0.25) is 0 Å². The van der Waals surface area contributed by atoms with Gasteiger partial charge in [0.25, 0.3) is 0 Å². The lowest BCUT2D eigenvalue weighted by molar-refractivity contribution is 1.17. The highest BCUT2D eigenvalue weighted by atomic mass is 14.8. The van der Waals surface area contributed by atoms with Gasteiger partial charge in [0.15, 0.2) is 0 Å². The van der Waals surface area contributed by atoms with Gasteiger partial charge in [-0.2, -0.15) is 0 Å². The molecule has 1 heterocycles. The molecule has 0 saturated heterocycles. The number of hydrogen-bond acceptors (Lipinski definition) is 2. The predicted octanol–water partition coefficient (Wildman–Crippen LogP) is 9.58. The van der Waals surface area contributed by atoms with Crippen LogP contribution in [0, 0.1) is 0 Å². The summed E-state index contributed by atoms with van der Waals surface area (Å²) in [7, 11) is 0. The summed E-state index contributed by atoms with van der Waals surface area (Å²) in [5, 5.41) is 12.5. The van der Waals surface area contributed by atoms with Gasteiger partial charge < -0.3 is 0 Å². The van der Waals surface area contributed by atoms with Crippen molar-refractivity contribution in [3.05, 3.63) is 134 Å². The molecule has 38 heavy (non-hydrogen) atoms. The maximum Gasteiger partial charge on any atom is 0.115 e. The molecule has 2 heteroatoms. The number of nitrogens with zero attached hydrogens (tertiary/aromatic N) is 2. The van der Waals surface area contributed by atoms with E-state index in [0.717, 1.165) is 5.56 Å². The Labute approximate surface area is 219 Å². The fourth-order valence-corrected chi connectivity index (χ4v) is 6.15. The smallest absolute Gasteiger partial charge is 0.115 e. The van der Waals surface area contributed by atoms with Crippen LogP contribution in [0.4, 0.5) is 0 Å². The minimum Gasteiger partial charge on any atom is -0.244 e. The molecule has 0 atom stereocenters. The molecule has 0 aliphatic rings. The molecule has 0 saturated carbocycles. The van der Waals surface area contributed by atoms with E-state index in [1.54, 1.807) is 6.33 Å². The third-order valence-corrected chi connectivity index (χ3v) is 7.78. The number of fused-ring (bicyclic) bond motifs is 6. The van der Waals surface area contributed by atoms with E-state index < -0.39 is 0 Å². The van der Waals surface area contributed by atoms with E-state index in [0.29, 0.717) is 0 Å². The van der Waals surface area contributed by atoms with Crippen LogP contribution >= 0.6 is 0 Å². The van der Waals surface area contributed by atoms with Crippen molar-refractivity contribution in [2.24, 2.45) is 0 Å². The largest absolute Gasteiger partial charge is 0.244 e. The summed E-state index contributed by atoms with van der Waals surface area (Å²) in [5.74, 6) is 0. The summed E-state index contributed by atoms with van der Waals surface area (Å²) in [5.41, 5.74) is 4.73. The Bertz CT molecular complexity index is 2120. The van der Waals surface area contributed by atoms with E-state index in [2.05, 4.69) is 125 Å². The maximum atomic E-state index is 4.35. The average Bonchev–Trinajstić information content (AvgIpc) is 2.99. The van der Waals surface area contributed by atoms with Gasteiger partial charge in [0, 0.05) is 23.5 Å². The van der Waals surface area contributed by atoms with E-state index in [9.17, 15) is 0 Å². The molecule has 0 bridgehead atoms. The number of rotatable bonds is 2. The lowest BCUT2D eigenvalue weighted by atomic mass is 9.84. The molecule has 1 aromatic heterocycles. The molecular formula is C36H22N2. The first kappa shape index (κ1) is 21.0. The third kappa shape index (κ3) is 3.07. The van der Waals surface area contributed by atoms with Crippen LogP contribution in [-0.4, -0.2) is 9.97 Å². The van der Waals surface area contributed by atoms with Crippen molar-refractivity contribution in [2.45, 2.75) is 0 Å². The fourth-order valence-electron chi connectivity index (χ4n) is 6.15. The summed E-state index contributed by atoms with van der Waals surface area (Å²) in [4.78, 5) is 8.70. The van der Waals surface area contributed by atoms with Crippen LogP contribution < -0.4 is 0 Å². The maximum absolute atomic E-state index is 4.35. The molecule has 0 radical (unpaired) electrons. The van der Waals surface area contributed by atoms with Gasteiger partial charge in [0.1, 0.15) is 6.33 Å². The Balaban J connectivity index is 1.61. The molecular weight excluding hydrogens is 460 g/mol. The molecule has 0 aliphatic heterocycles. The van der Waals surface area contributed by atoms with Crippen molar-refractivity contribution < 1.29 is 0 Å². The Kier molecular flexibility index (Phi) is 4.55. The highest BCUT2D eigenvalue weighted by Crippen LogP contribution is 2.46. The van der Waals surface area contributed by atoms with Crippen LogP contribution in [0.15, 0.2) is 134 Å². The lowest BCUT2D eigenvalue weighted by Gasteiger charge is -2.19. The molecule has 2 nitrogen and oxygen atoms in total. The number of aromatic nitrogens is 2. The Morgan fingerprint density at radius 1 is 0.368 bits per heavy atom. The SMILES string of the molecule is c1ccc2cc3c(cc2c1)c(-c1c2ccccc2c(-c2cncnc2)c2ccccc12)cc1ccccc13. The average molecular weight is 483 g/mol. The van der Waals surface area contributed by atoms with Crippen LogP contribution in [0.3, 0.4) is 0 Å². The van der Waals surface area contributed by atoms with Gasteiger partial charge in [-0.3, -0.25) is 0 Å². The molecule has 0 aliphatic carbocycles. The molecule has 0 unspecified atom stereocenters. The standard InChI is InChI=1S/C36H22N2/c1-2-10-24-18-33-32(17-23(24)9-1)27-12-4-3-11-25(27)19-34(33)36-30-15-7-5-13-28(30)35(26-20-37-22-38-21-26)29-14-6-8-16-31(29)36/h1-22H. The number of benzene rings is 7. The normalized spacial score (nSPS) is 11.7. The first-order valence-corrected chi connectivity index (χ1v) is 12.9. The van der Waals surface area contributed by atoms with Crippen molar-refractivity contribution >= 4 is 53.9 Å². The third-order valence-electron chi connectivity index (χ3n) is 7.78. The van der Waals surface area contributed by atoms with Crippen molar-refractivity contribution in [1.82, 2.24) is 9.97 Å². The van der Waals surface area contributed by atoms with Gasteiger partial charge in [-0.1, -0.05) is 97.1 Å². The van der Waals surface area contributed by atoms with E-state index in [1.807, 2.05) is 12.4 Å². The molecule has 8 rings (SSSR count). The summed E-state index contributed by atoms with van der Waals surface area (Å²) >= 11 is 0. The molecule has 8 aromatic rings. The Morgan fingerprint density at radius 2 is 0.842 bits per heavy atom. The number of hydrogen-bond donors (Lipinski definition) is 0. The Hall–Kier alpha value is -5.08. The van der Waals surface area contributed by atoms with E-state index in [1.165, 1.54) is 70.6 Å². The summed E-state index contributed by atoms with van der Waals surface area (Å²) in [6, 6.07) is 42.0. The van der Waals surface area contributed by atoms with Crippen LogP contribution in [0.25, 0.3) is 76.1 Å². The van der Waals surface area contributed by atoms with Gasteiger partial charge in [-0.05, 0) is 83.2 Å². The Morgan fingerprint density at radius 3 is 1.45 bits per heavy atom. The van der Waals surface area contributed by atoms with Crippen molar-refractivity contribution in [1.29, 1.82) is 0 Å². The summed E-state index contributed by atoms with van der Waals surface area (Å²) in [6.07, 6.45) is 5.42. The van der Waals surface area contributed by atoms with Crippen molar-refractivity contribution in [2.75, 3.05) is 0 Å². The summed E-state index contributed by atoms with van der Waals surface area (Å²) in [6.45, 7) is 0. The van der Waals surface area contributed by atoms with Crippen molar-refractivity contribution in [3.8, 4) is 22.3 Å². The van der Waals surface area contributed by atoms with Gasteiger partial charge in [0.2, 0.25) is 0 Å². The quantitative estimate of drug-likeness (QED) is 0.181. The van der Waals surface area contributed by atoms with E-state index >= 15 is 0 Å². The first-order chi connectivity index (χ1) is 18.9. The second-order valence-electron chi connectivity index (χ2n) is 9.86. The van der Waals surface area contributed by atoms with Crippen molar-refractivity contribution in [3.63, 3.8) is 0 Å². The minimum atomic E-state index is 1.03. The molecule has 0 N–H and O–H groups in total. The molecule has 176 valence electrons. The zero-order valence-electron chi connectivity index (χ0n) is 20.6. The monoisotopic (exact) mass is 482 g/mol. The minimum absolute atomic E-state index is 1.03. The summed E-state index contributed by atoms with van der Waals surface area (Å²) < 4.78 is 0. The van der Waals surface area contributed by atoms with Gasteiger partial charge in [-0.15, -0.1) is 0 Å². The lowest BCUT2D eigenvalue weighted by Crippen LogP contribution is -1.93. The van der Waals surface area contributed by atoms with Crippen LogP contribution in [-0.2, 0) is 0 Å². The second kappa shape index (κ2) is 8.22. The van der Waals surface area contributed by atoms with Gasteiger partial charge >= 0.3 is 0 Å². The predicted molar refractivity (Wildman–Crippen MR) is 160 cm³/mol. The van der Waals surface area contributed by atoms with Gasteiger partial charge in [-0.25, -0.2) is 9.97 Å². The zero-order valence-corrected chi connectivity index (χ0v) is 20.6. The zero-order chi connectivity index (χ0) is 25.1. The highest BCUT2D eigenvalue weighted by Gasteiger charge is 2.19. The molecule has 0 amide bonds. The van der Waals surface area contributed by atoms with Crippen LogP contribution in [0.1, 0.15) is 0 Å². The van der Waals surface area contributed by atoms with Gasteiger partial charge in [0.05, 0.1) is 0 Å². The topological polar surface area (TPSA) is 25.8 Å². The first-order valence-electron chi connectivity index (χ1n) is 12.9. The fraction of sp³-hybridized carbons (Fsp3) is 0.